The summed E-state index contributed by atoms with van der Waals surface area (Å²) in [5.41, 5.74) is 2.05. The Bertz CT molecular complexity index is 997. The molecule has 9 heteroatoms. The minimum absolute atomic E-state index is 0.0409. The number of carbonyl (C=O) groups excluding carboxylic acids is 1. The maximum atomic E-state index is 13.4. The fourth-order valence-corrected chi connectivity index (χ4v) is 2.52. The van der Waals surface area contributed by atoms with E-state index in [1.807, 2.05) is 13.8 Å². The van der Waals surface area contributed by atoms with E-state index < -0.39 is 17.5 Å². The zero-order chi connectivity index (χ0) is 20.3. The number of nitrogens with zero attached hydrogens (tertiary/aromatic N) is 2. The molecule has 0 aliphatic rings. The molecule has 0 bridgehead atoms. The zero-order valence-corrected chi connectivity index (χ0v) is 15.1. The van der Waals surface area contributed by atoms with Gasteiger partial charge in [0.05, 0.1) is 6.54 Å². The van der Waals surface area contributed by atoms with E-state index in [1.54, 1.807) is 18.2 Å². The number of hydrogen-bond acceptors (Lipinski definition) is 5. The number of amides is 1. The van der Waals surface area contributed by atoms with Crippen molar-refractivity contribution in [3.05, 3.63) is 64.8 Å². The quantitative estimate of drug-likeness (QED) is 0.626. The van der Waals surface area contributed by atoms with Gasteiger partial charge < -0.3 is 15.2 Å². The first kappa shape index (κ1) is 19.4. The summed E-state index contributed by atoms with van der Waals surface area (Å²) in [6.45, 7) is 4.34. The fraction of sp³-hybridized carbons (Fsp3) is 0.211. The van der Waals surface area contributed by atoms with E-state index in [0.717, 1.165) is 17.7 Å². The van der Waals surface area contributed by atoms with E-state index >= 15 is 0 Å². The number of aryl methyl sites for hydroxylation is 1. The summed E-state index contributed by atoms with van der Waals surface area (Å²) in [6, 6.07) is 6.80. The second kappa shape index (κ2) is 8.12. The lowest BCUT2D eigenvalue weighted by atomic mass is 10.1. The standard InChI is InChI=1S/C19H17F3N4O2/c1-3-23-19(27)11-5-4-10(2)15(8-11)24-9-16-25-18(26-28-16)12-6-13(20)17(22)14(21)7-12/h4-8,24H,3,9H2,1-2H3,(H,23,27). The molecular weight excluding hydrogens is 373 g/mol. The number of rotatable bonds is 6. The van der Waals surface area contributed by atoms with Crippen LogP contribution in [0.4, 0.5) is 18.9 Å². The van der Waals surface area contributed by atoms with E-state index in [4.69, 9.17) is 4.52 Å². The van der Waals surface area contributed by atoms with E-state index in [9.17, 15) is 18.0 Å². The summed E-state index contributed by atoms with van der Waals surface area (Å²) in [6.07, 6.45) is 0. The summed E-state index contributed by atoms with van der Waals surface area (Å²) in [5, 5.41) is 9.46. The van der Waals surface area contributed by atoms with Gasteiger partial charge in [-0.3, -0.25) is 4.79 Å². The second-order valence-electron chi connectivity index (χ2n) is 6.01. The maximum absolute atomic E-state index is 13.4. The third-order valence-electron chi connectivity index (χ3n) is 3.98. The van der Waals surface area contributed by atoms with Gasteiger partial charge in [-0.25, -0.2) is 13.2 Å². The monoisotopic (exact) mass is 390 g/mol. The molecule has 0 aliphatic heterocycles. The van der Waals surface area contributed by atoms with Crippen LogP contribution in [0.1, 0.15) is 28.7 Å². The Hall–Kier alpha value is -3.36. The number of hydrogen-bond donors (Lipinski definition) is 2. The number of carbonyl (C=O) groups is 1. The van der Waals surface area contributed by atoms with Crippen LogP contribution in [0.3, 0.4) is 0 Å². The molecule has 0 unspecified atom stereocenters. The molecule has 1 heterocycles. The average Bonchev–Trinajstić information content (AvgIpc) is 3.14. The average molecular weight is 390 g/mol. The Labute approximate surface area is 158 Å². The molecule has 0 spiro atoms. The molecule has 0 radical (unpaired) electrons. The van der Waals surface area contributed by atoms with Crippen LogP contribution in [0.2, 0.25) is 0 Å². The van der Waals surface area contributed by atoms with Crippen LogP contribution < -0.4 is 10.6 Å². The SMILES string of the molecule is CCNC(=O)c1ccc(C)c(NCc2nc(-c3cc(F)c(F)c(F)c3)no2)c1. The molecule has 1 aromatic heterocycles. The van der Waals surface area contributed by atoms with Crippen LogP contribution in [0.5, 0.6) is 0 Å². The van der Waals surface area contributed by atoms with Gasteiger partial charge in [-0.2, -0.15) is 4.98 Å². The first-order valence-corrected chi connectivity index (χ1v) is 8.49. The molecule has 1 amide bonds. The van der Waals surface area contributed by atoms with Gasteiger partial charge in [0.15, 0.2) is 17.5 Å². The number of benzene rings is 2. The van der Waals surface area contributed by atoms with Crippen molar-refractivity contribution in [3.63, 3.8) is 0 Å². The Kier molecular flexibility index (Phi) is 5.62. The highest BCUT2D eigenvalue weighted by Gasteiger charge is 2.16. The van der Waals surface area contributed by atoms with Crippen LogP contribution >= 0.6 is 0 Å². The van der Waals surface area contributed by atoms with Crippen molar-refractivity contribution in [1.82, 2.24) is 15.5 Å². The van der Waals surface area contributed by atoms with E-state index in [-0.39, 0.29) is 29.7 Å². The first-order valence-electron chi connectivity index (χ1n) is 8.49. The minimum atomic E-state index is -1.56. The fourth-order valence-electron chi connectivity index (χ4n) is 2.52. The molecule has 0 fully saturated rings. The Morgan fingerprint density at radius 2 is 1.86 bits per heavy atom. The molecule has 3 rings (SSSR count). The lowest BCUT2D eigenvalue weighted by molar-refractivity contribution is 0.0956. The zero-order valence-electron chi connectivity index (χ0n) is 15.1. The highest BCUT2D eigenvalue weighted by atomic mass is 19.2. The first-order chi connectivity index (χ1) is 13.4. The molecule has 0 atom stereocenters. The minimum Gasteiger partial charge on any atom is -0.376 e. The Morgan fingerprint density at radius 3 is 2.54 bits per heavy atom. The van der Waals surface area contributed by atoms with Gasteiger partial charge in [0.2, 0.25) is 11.7 Å². The van der Waals surface area contributed by atoms with Gasteiger partial charge in [-0.05, 0) is 43.7 Å². The van der Waals surface area contributed by atoms with Gasteiger partial charge in [0.1, 0.15) is 0 Å². The molecular formula is C19H17F3N4O2. The number of halogens is 3. The van der Waals surface area contributed by atoms with Crippen molar-refractivity contribution in [2.45, 2.75) is 20.4 Å². The lowest BCUT2D eigenvalue weighted by Crippen LogP contribution is -2.22. The van der Waals surface area contributed by atoms with Crippen LogP contribution in [0.25, 0.3) is 11.4 Å². The van der Waals surface area contributed by atoms with E-state index in [2.05, 4.69) is 20.8 Å². The molecule has 146 valence electrons. The largest absolute Gasteiger partial charge is 0.376 e. The Balaban J connectivity index is 1.75. The van der Waals surface area contributed by atoms with Gasteiger partial charge in [0, 0.05) is 23.4 Å². The summed E-state index contributed by atoms with van der Waals surface area (Å²) < 4.78 is 44.8. The predicted octanol–water partition coefficient (Wildman–Crippen LogP) is 3.82. The molecule has 28 heavy (non-hydrogen) atoms. The lowest BCUT2D eigenvalue weighted by Gasteiger charge is -2.10. The van der Waals surface area contributed by atoms with Crippen molar-refractivity contribution in [2.75, 3.05) is 11.9 Å². The number of anilines is 1. The molecule has 6 nitrogen and oxygen atoms in total. The van der Waals surface area contributed by atoms with Crippen LogP contribution in [-0.2, 0) is 6.54 Å². The third kappa shape index (κ3) is 4.13. The van der Waals surface area contributed by atoms with E-state index in [1.165, 1.54) is 0 Å². The summed E-state index contributed by atoms with van der Waals surface area (Å²) in [4.78, 5) is 16.0. The smallest absolute Gasteiger partial charge is 0.251 e. The van der Waals surface area contributed by atoms with Gasteiger partial charge in [-0.1, -0.05) is 11.2 Å². The number of nitrogens with one attached hydrogen (secondary N) is 2. The topological polar surface area (TPSA) is 80.0 Å². The van der Waals surface area contributed by atoms with Crippen molar-refractivity contribution in [3.8, 4) is 11.4 Å². The summed E-state index contributed by atoms with van der Waals surface area (Å²) in [7, 11) is 0. The van der Waals surface area contributed by atoms with E-state index in [0.29, 0.717) is 17.8 Å². The van der Waals surface area contributed by atoms with Crippen molar-refractivity contribution in [1.29, 1.82) is 0 Å². The van der Waals surface area contributed by atoms with Crippen molar-refractivity contribution < 1.29 is 22.5 Å². The highest BCUT2D eigenvalue weighted by Crippen LogP contribution is 2.22. The molecule has 3 aromatic rings. The van der Waals surface area contributed by atoms with Gasteiger partial charge in [-0.15, -0.1) is 0 Å². The molecule has 2 N–H and O–H groups in total. The second-order valence-corrected chi connectivity index (χ2v) is 6.01. The van der Waals surface area contributed by atoms with Crippen molar-refractivity contribution >= 4 is 11.6 Å². The van der Waals surface area contributed by atoms with Crippen LogP contribution in [0, 0.1) is 24.4 Å². The summed E-state index contributed by atoms with van der Waals surface area (Å²) in [5.74, 6) is -4.33. The third-order valence-corrected chi connectivity index (χ3v) is 3.98. The molecule has 0 saturated heterocycles. The molecule has 0 saturated carbocycles. The van der Waals surface area contributed by atoms with Gasteiger partial charge >= 0.3 is 0 Å². The summed E-state index contributed by atoms with van der Waals surface area (Å²) >= 11 is 0. The predicted molar refractivity (Wildman–Crippen MR) is 96.1 cm³/mol. The Morgan fingerprint density at radius 1 is 1.14 bits per heavy atom. The van der Waals surface area contributed by atoms with Crippen LogP contribution in [0.15, 0.2) is 34.9 Å². The molecule has 0 aliphatic carbocycles. The van der Waals surface area contributed by atoms with Gasteiger partial charge in [0.25, 0.3) is 5.91 Å². The number of aromatic nitrogens is 2. The molecule has 2 aromatic carbocycles. The highest BCUT2D eigenvalue weighted by molar-refractivity contribution is 5.95. The van der Waals surface area contributed by atoms with Crippen LogP contribution in [-0.4, -0.2) is 22.6 Å². The normalized spacial score (nSPS) is 10.8. The van der Waals surface area contributed by atoms with Crippen molar-refractivity contribution in [2.24, 2.45) is 0 Å². The maximum Gasteiger partial charge on any atom is 0.251 e.